The summed E-state index contributed by atoms with van der Waals surface area (Å²) in [4.78, 5) is 16.5. The predicted molar refractivity (Wildman–Crippen MR) is 88.1 cm³/mol. The Morgan fingerprint density at radius 3 is 2.29 bits per heavy atom. The lowest BCUT2D eigenvalue weighted by Crippen LogP contribution is -2.46. The number of hydrogen-bond donors (Lipinski definition) is 2. The van der Waals surface area contributed by atoms with Crippen LogP contribution in [0.1, 0.15) is 20.8 Å². The van der Waals surface area contributed by atoms with Crippen LogP contribution in [0, 0.1) is 0 Å². The van der Waals surface area contributed by atoms with Gasteiger partial charge in [0, 0.05) is 43.6 Å². The molecule has 21 heavy (non-hydrogen) atoms. The van der Waals surface area contributed by atoms with Gasteiger partial charge in [-0.25, -0.2) is 4.79 Å². The number of amides is 2. The average Bonchev–Trinajstić information content (AvgIpc) is 2.47. The van der Waals surface area contributed by atoms with Gasteiger partial charge in [0.2, 0.25) is 0 Å². The minimum atomic E-state index is -0.158. The van der Waals surface area contributed by atoms with E-state index in [0.29, 0.717) is 0 Å². The van der Waals surface area contributed by atoms with E-state index in [9.17, 15) is 4.79 Å². The minimum Gasteiger partial charge on any atom is -0.369 e. The normalized spacial score (nSPS) is 16.1. The fourth-order valence-corrected chi connectivity index (χ4v) is 2.51. The van der Waals surface area contributed by atoms with Gasteiger partial charge in [0.25, 0.3) is 0 Å². The molecular formula is C16H26N4O. The van der Waals surface area contributed by atoms with E-state index in [2.05, 4.69) is 39.5 Å². The van der Waals surface area contributed by atoms with Crippen molar-refractivity contribution in [2.24, 2.45) is 0 Å². The van der Waals surface area contributed by atoms with E-state index in [0.717, 1.165) is 38.4 Å². The van der Waals surface area contributed by atoms with Gasteiger partial charge in [0.1, 0.15) is 0 Å². The van der Waals surface area contributed by atoms with Crippen molar-refractivity contribution in [2.75, 3.05) is 42.9 Å². The molecule has 0 aromatic heterocycles. The fourth-order valence-electron chi connectivity index (χ4n) is 2.51. The van der Waals surface area contributed by atoms with E-state index in [1.54, 1.807) is 0 Å². The molecule has 1 fully saturated rings. The zero-order chi connectivity index (χ0) is 15.2. The maximum absolute atomic E-state index is 11.6. The van der Waals surface area contributed by atoms with E-state index < -0.39 is 0 Å². The summed E-state index contributed by atoms with van der Waals surface area (Å²) in [7, 11) is 0. The maximum Gasteiger partial charge on any atom is 0.319 e. The maximum atomic E-state index is 11.6. The Hall–Kier alpha value is -1.75. The number of benzene rings is 1. The molecule has 1 heterocycles. The number of urea groups is 1. The van der Waals surface area contributed by atoms with Crippen LogP contribution in [0.4, 0.5) is 16.2 Å². The van der Waals surface area contributed by atoms with Crippen molar-refractivity contribution in [1.29, 1.82) is 0 Å². The highest BCUT2D eigenvalue weighted by Gasteiger charge is 2.15. The van der Waals surface area contributed by atoms with Crippen LogP contribution in [0.2, 0.25) is 0 Å². The second-order valence-electron chi connectivity index (χ2n) is 5.72. The summed E-state index contributed by atoms with van der Waals surface area (Å²) in [6.07, 6.45) is 0. The summed E-state index contributed by atoms with van der Waals surface area (Å²) in [6.45, 7) is 11.6. The van der Waals surface area contributed by atoms with Gasteiger partial charge in [-0.05, 0) is 44.7 Å². The molecule has 5 nitrogen and oxygen atoms in total. The van der Waals surface area contributed by atoms with Crippen LogP contribution in [-0.2, 0) is 0 Å². The second kappa shape index (κ2) is 7.31. The Morgan fingerprint density at radius 2 is 1.76 bits per heavy atom. The largest absolute Gasteiger partial charge is 0.369 e. The van der Waals surface area contributed by atoms with Crippen molar-refractivity contribution < 1.29 is 4.79 Å². The molecule has 0 atom stereocenters. The van der Waals surface area contributed by atoms with Crippen LogP contribution in [0.5, 0.6) is 0 Å². The second-order valence-corrected chi connectivity index (χ2v) is 5.72. The van der Waals surface area contributed by atoms with Crippen LogP contribution in [0.3, 0.4) is 0 Å². The Balaban J connectivity index is 1.89. The number of hydrogen-bond acceptors (Lipinski definition) is 3. The Morgan fingerprint density at radius 1 is 1.14 bits per heavy atom. The number of anilines is 2. The summed E-state index contributed by atoms with van der Waals surface area (Å²) in [5, 5.41) is 5.66. The summed E-state index contributed by atoms with van der Waals surface area (Å²) < 4.78 is 0. The van der Waals surface area contributed by atoms with Crippen molar-refractivity contribution >= 4 is 17.4 Å². The van der Waals surface area contributed by atoms with Crippen LogP contribution in [-0.4, -0.2) is 49.7 Å². The third-order valence-electron chi connectivity index (χ3n) is 3.73. The third-order valence-corrected chi connectivity index (χ3v) is 3.73. The lowest BCUT2D eigenvalue weighted by atomic mass is 10.2. The molecule has 0 radical (unpaired) electrons. The highest BCUT2D eigenvalue weighted by molar-refractivity contribution is 5.89. The minimum absolute atomic E-state index is 0.138. The topological polar surface area (TPSA) is 47.6 Å². The zero-order valence-electron chi connectivity index (χ0n) is 13.2. The first-order valence-corrected chi connectivity index (χ1v) is 7.73. The fraction of sp³-hybridized carbons (Fsp3) is 0.562. The van der Waals surface area contributed by atoms with Gasteiger partial charge in [0.15, 0.2) is 0 Å². The van der Waals surface area contributed by atoms with Crippen LogP contribution in [0.25, 0.3) is 0 Å². The van der Waals surface area contributed by atoms with Gasteiger partial charge in [-0.1, -0.05) is 6.92 Å². The van der Waals surface area contributed by atoms with Crippen molar-refractivity contribution in [3.8, 4) is 0 Å². The molecule has 1 aliphatic rings. The molecular weight excluding hydrogens is 264 g/mol. The molecule has 5 heteroatoms. The van der Waals surface area contributed by atoms with E-state index in [4.69, 9.17) is 0 Å². The Labute approximate surface area is 127 Å². The molecule has 1 aliphatic heterocycles. The van der Waals surface area contributed by atoms with Gasteiger partial charge in [-0.2, -0.15) is 0 Å². The summed E-state index contributed by atoms with van der Waals surface area (Å²) in [5.41, 5.74) is 2.05. The molecule has 0 unspecified atom stereocenters. The van der Waals surface area contributed by atoms with E-state index in [1.807, 2.05) is 26.0 Å². The SMILES string of the molecule is CCN1CCN(c2ccc(NC(=O)NC(C)C)cc2)CC1. The van der Waals surface area contributed by atoms with Gasteiger partial charge in [0.05, 0.1) is 0 Å². The monoisotopic (exact) mass is 290 g/mol. The first kappa shape index (κ1) is 15.6. The van der Waals surface area contributed by atoms with Crippen molar-refractivity contribution in [2.45, 2.75) is 26.8 Å². The van der Waals surface area contributed by atoms with Crippen LogP contribution < -0.4 is 15.5 Å². The summed E-state index contributed by atoms with van der Waals surface area (Å²) >= 11 is 0. The molecule has 1 aromatic carbocycles. The number of piperazine rings is 1. The Kier molecular flexibility index (Phi) is 5.44. The molecule has 0 aliphatic carbocycles. The van der Waals surface area contributed by atoms with E-state index in [-0.39, 0.29) is 12.1 Å². The van der Waals surface area contributed by atoms with Crippen LogP contribution in [0.15, 0.2) is 24.3 Å². The first-order valence-electron chi connectivity index (χ1n) is 7.73. The standard InChI is InChI=1S/C16H26N4O/c1-4-19-9-11-20(12-10-19)15-7-5-14(6-8-15)18-16(21)17-13(2)3/h5-8,13H,4,9-12H2,1-3H3,(H2,17,18,21). The van der Waals surface area contributed by atoms with E-state index >= 15 is 0 Å². The Bertz CT molecular complexity index is 450. The number of carbonyl (C=O) groups is 1. The number of likely N-dealkylation sites (N-methyl/N-ethyl adjacent to an activating group) is 1. The summed E-state index contributed by atoms with van der Waals surface area (Å²) in [6, 6.07) is 8.05. The number of nitrogens with one attached hydrogen (secondary N) is 2. The van der Waals surface area contributed by atoms with Crippen molar-refractivity contribution in [1.82, 2.24) is 10.2 Å². The highest BCUT2D eigenvalue weighted by atomic mass is 16.2. The molecule has 2 rings (SSSR count). The number of rotatable bonds is 4. The molecule has 0 saturated carbocycles. The van der Waals surface area contributed by atoms with Gasteiger partial charge >= 0.3 is 6.03 Å². The molecule has 0 spiro atoms. The predicted octanol–water partition coefficient (Wildman–Crippen LogP) is 2.36. The van der Waals surface area contributed by atoms with Crippen molar-refractivity contribution in [3.63, 3.8) is 0 Å². The highest BCUT2D eigenvalue weighted by Crippen LogP contribution is 2.19. The number of carbonyl (C=O) groups excluding carboxylic acids is 1. The van der Waals surface area contributed by atoms with E-state index in [1.165, 1.54) is 5.69 Å². The quantitative estimate of drug-likeness (QED) is 0.895. The van der Waals surface area contributed by atoms with Crippen LogP contribution >= 0.6 is 0 Å². The molecule has 0 bridgehead atoms. The lowest BCUT2D eigenvalue weighted by molar-refractivity contribution is 0.250. The third kappa shape index (κ3) is 4.63. The lowest BCUT2D eigenvalue weighted by Gasteiger charge is -2.35. The molecule has 2 amide bonds. The van der Waals surface area contributed by atoms with Crippen molar-refractivity contribution in [3.05, 3.63) is 24.3 Å². The molecule has 1 aromatic rings. The number of nitrogens with zero attached hydrogens (tertiary/aromatic N) is 2. The first-order chi connectivity index (χ1) is 10.1. The molecule has 2 N–H and O–H groups in total. The van der Waals surface area contributed by atoms with Gasteiger partial charge < -0.3 is 20.4 Å². The molecule has 1 saturated heterocycles. The average molecular weight is 290 g/mol. The summed E-state index contributed by atoms with van der Waals surface area (Å²) in [5.74, 6) is 0. The van der Waals surface area contributed by atoms with Gasteiger partial charge in [-0.3, -0.25) is 0 Å². The zero-order valence-corrected chi connectivity index (χ0v) is 13.2. The molecule has 116 valence electrons. The smallest absolute Gasteiger partial charge is 0.319 e. The van der Waals surface area contributed by atoms with Gasteiger partial charge in [-0.15, -0.1) is 0 Å².